The number of esters is 1. The van der Waals surface area contributed by atoms with Crippen LogP contribution in [0.4, 0.5) is 8.78 Å². The zero-order chi connectivity index (χ0) is 15.5. The highest BCUT2D eigenvalue weighted by Crippen LogP contribution is 2.35. The van der Waals surface area contributed by atoms with Crippen LogP contribution in [-0.2, 0) is 22.1 Å². The summed E-state index contributed by atoms with van der Waals surface area (Å²) in [4.78, 5) is 11.6. The van der Waals surface area contributed by atoms with Crippen molar-refractivity contribution in [1.29, 1.82) is 0 Å². The van der Waals surface area contributed by atoms with E-state index in [1.807, 2.05) is 0 Å². The fourth-order valence-corrected chi connectivity index (χ4v) is 2.15. The third-order valence-corrected chi connectivity index (χ3v) is 3.24. The SMILES string of the molecule is Cc1ccc(C(F)(F)C(=O)OCc2ccccc2)c(Cl)c1. The summed E-state index contributed by atoms with van der Waals surface area (Å²) in [5, 5.41) is -0.156. The second-order valence-electron chi connectivity index (χ2n) is 4.62. The van der Waals surface area contributed by atoms with Crippen molar-refractivity contribution in [2.45, 2.75) is 19.5 Å². The van der Waals surface area contributed by atoms with Gasteiger partial charge in [-0.1, -0.05) is 54.1 Å². The summed E-state index contributed by atoms with van der Waals surface area (Å²) in [5.41, 5.74) is 0.821. The molecule has 0 radical (unpaired) electrons. The quantitative estimate of drug-likeness (QED) is 0.778. The van der Waals surface area contributed by atoms with Crippen LogP contribution in [0.1, 0.15) is 16.7 Å². The van der Waals surface area contributed by atoms with E-state index in [1.54, 1.807) is 37.3 Å². The maximum Gasteiger partial charge on any atom is 0.382 e. The highest BCUT2D eigenvalue weighted by atomic mass is 35.5. The van der Waals surface area contributed by atoms with Crippen molar-refractivity contribution in [2.24, 2.45) is 0 Å². The minimum absolute atomic E-state index is 0.156. The molecule has 0 amide bonds. The lowest BCUT2D eigenvalue weighted by atomic mass is 10.1. The summed E-state index contributed by atoms with van der Waals surface area (Å²) >= 11 is 5.79. The van der Waals surface area contributed by atoms with E-state index in [0.717, 1.165) is 11.6 Å². The van der Waals surface area contributed by atoms with Crippen LogP contribution in [0.5, 0.6) is 0 Å². The van der Waals surface area contributed by atoms with Crippen LogP contribution in [0.3, 0.4) is 0 Å². The number of halogens is 3. The van der Waals surface area contributed by atoms with Crippen molar-refractivity contribution in [1.82, 2.24) is 0 Å². The molecule has 0 bridgehead atoms. The normalized spacial score (nSPS) is 11.2. The van der Waals surface area contributed by atoms with E-state index in [0.29, 0.717) is 5.56 Å². The Morgan fingerprint density at radius 2 is 1.86 bits per heavy atom. The van der Waals surface area contributed by atoms with Crippen molar-refractivity contribution in [3.05, 3.63) is 70.2 Å². The largest absolute Gasteiger partial charge is 0.456 e. The van der Waals surface area contributed by atoms with Gasteiger partial charge in [-0.2, -0.15) is 8.78 Å². The van der Waals surface area contributed by atoms with Gasteiger partial charge in [-0.05, 0) is 24.1 Å². The zero-order valence-electron chi connectivity index (χ0n) is 11.3. The smallest absolute Gasteiger partial charge is 0.382 e. The van der Waals surface area contributed by atoms with Gasteiger partial charge in [0.05, 0.1) is 10.6 Å². The number of ether oxygens (including phenoxy) is 1. The van der Waals surface area contributed by atoms with Crippen LogP contribution in [0.2, 0.25) is 5.02 Å². The molecule has 2 nitrogen and oxygen atoms in total. The van der Waals surface area contributed by atoms with Gasteiger partial charge in [-0.3, -0.25) is 0 Å². The molecule has 5 heteroatoms. The van der Waals surface area contributed by atoms with Crippen LogP contribution >= 0.6 is 11.6 Å². The van der Waals surface area contributed by atoms with Crippen LogP contribution in [-0.4, -0.2) is 5.97 Å². The third-order valence-electron chi connectivity index (χ3n) is 2.93. The van der Waals surface area contributed by atoms with E-state index in [9.17, 15) is 13.6 Å². The first-order chi connectivity index (χ1) is 9.91. The number of hydrogen-bond acceptors (Lipinski definition) is 2. The van der Waals surface area contributed by atoms with E-state index >= 15 is 0 Å². The molecule has 0 atom stereocenters. The molecule has 0 fully saturated rings. The Morgan fingerprint density at radius 1 is 1.19 bits per heavy atom. The fraction of sp³-hybridized carbons (Fsp3) is 0.188. The monoisotopic (exact) mass is 310 g/mol. The van der Waals surface area contributed by atoms with Gasteiger partial charge in [-0.25, -0.2) is 4.79 Å². The molecule has 0 saturated heterocycles. The molecule has 0 heterocycles. The van der Waals surface area contributed by atoms with E-state index in [-0.39, 0.29) is 11.6 Å². The maximum atomic E-state index is 14.1. The Morgan fingerprint density at radius 3 is 2.48 bits per heavy atom. The number of alkyl halides is 2. The Labute approximate surface area is 126 Å². The lowest BCUT2D eigenvalue weighted by Gasteiger charge is -2.17. The average molecular weight is 311 g/mol. The summed E-state index contributed by atoms with van der Waals surface area (Å²) in [6, 6.07) is 12.6. The summed E-state index contributed by atoms with van der Waals surface area (Å²) in [7, 11) is 0. The molecule has 0 aromatic heterocycles. The third kappa shape index (κ3) is 3.58. The first-order valence-electron chi connectivity index (χ1n) is 6.27. The molecule has 21 heavy (non-hydrogen) atoms. The molecule has 0 aliphatic heterocycles. The molecule has 110 valence electrons. The lowest BCUT2D eigenvalue weighted by molar-refractivity contribution is -0.175. The van der Waals surface area contributed by atoms with Gasteiger partial charge in [0.25, 0.3) is 0 Å². The number of carbonyl (C=O) groups excluding carboxylic acids is 1. The molecular weight excluding hydrogens is 298 g/mol. The topological polar surface area (TPSA) is 26.3 Å². The molecule has 0 aliphatic carbocycles. The molecule has 0 N–H and O–H groups in total. The minimum atomic E-state index is -3.78. The summed E-state index contributed by atoms with van der Waals surface area (Å²) in [5.74, 6) is -5.39. The first kappa shape index (κ1) is 15.4. The number of aryl methyl sites for hydroxylation is 1. The molecule has 2 rings (SSSR count). The zero-order valence-corrected chi connectivity index (χ0v) is 12.0. The second-order valence-corrected chi connectivity index (χ2v) is 5.03. The van der Waals surface area contributed by atoms with Gasteiger partial charge in [0.15, 0.2) is 0 Å². The lowest BCUT2D eigenvalue weighted by Crippen LogP contribution is -2.28. The number of hydrogen-bond donors (Lipinski definition) is 0. The van der Waals surface area contributed by atoms with Crippen molar-refractivity contribution in [3.8, 4) is 0 Å². The number of rotatable bonds is 4. The Bertz CT molecular complexity index is 642. The number of carbonyl (C=O) groups is 1. The van der Waals surface area contributed by atoms with E-state index in [1.165, 1.54) is 12.1 Å². The molecule has 2 aromatic rings. The highest BCUT2D eigenvalue weighted by molar-refractivity contribution is 6.31. The maximum absolute atomic E-state index is 14.1. The second kappa shape index (κ2) is 6.22. The Balaban J connectivity index is 2.13. The molecule has 0 spiro atoms. The van der Waals surface area contributed by atoms with Crippen molar-refractivity contribution in [3.63, 3.8) is 0 Å². The van der Waals surface area contributed by atoms with Crippen molar-refractivity contribution >= 4 is 17.6 Å². The predicted octanol–water partition coefficient (Wildman–Crippen LogP) is 4.48. The van der Waals surface area contributed by atoms with Gasteiger partial charge in [0.2, 0.25) is 0 Å². The summed E-state index contributed by atoms with van der Waals surface area (Å²) in [6.45, 7) is 1.51. The van der Waals surface area contributed by atoms with E-state index < -0.39 is 17.5 Å². The number of benzene rings is 2. The van der Waals surface area contributed by atoms with Crippen molar-refractivity contribution in [2.75, 3.05) is 0 Å². The van der Waals surface area contributed by atoms with Crippen LogP contribution in [0.15, 0.2) is 48.5 Å². The van der Waals surface area contributed by atoms with Gasteiger partial charge in [-0.15, -0.1) is 0 Å². The average Bonchev–Trinajstić information content (AvgIpc) is 2.45. The predicted molar refractivity (Wildman–Crippen MR) is 76.3 cm³/mol. The van der Waals surface area contributed by atoms with Gasteiger partial charge in [0.1, 0.15) is 6.61 Å². The Hall–Kier alpha value is -1.94. The summed E-state index contributed by atoms with van der Waals surface area (Å²) in [6.07, 6.45) is 0. The van der Waals surface area contributed by atoms with Gasteiger partial charge >= 0.3 is 11.9 Å². The standard InChI is InChI=1S/C16H13ClF2O2/c1-11-7-8-13(14(17)9-11)16(18,19)15(20)21-10-12-5-3-2-4-6-12/h2-9H,10H2,1H3. The van der Waals surface area contributed by atoms with Crippen molar-refractivity contribution < 1.29 is 18.3 Å². The summed E-state index contributed by atoms with van der Waals surface area (Å²) < 4.78 is 32.9. The Kier molecular flexibility index (Phi) is 4.58. The first-order valence-corrected chi connectivity index (χ1v) is 6.64. The van der Waals surface area contributed by atoms with Crippen LogP contribution in [0.25, 0.3) is 0 Å². The van der Waals surface area contributed by atoms with Gasteiger partial charge in [0, 0.05) is 0 Å². The van der Waals surface area contributed by atoms with E-state index in [4.69, 9.17) is 11.6 Å². The van der Waals surface area contributed by atoms with E-state index in [2.05, 4.69) is 4.74 Å². The van der Waals surface area contributed by atoms with Gasteiger partial charge < -0.3 is 4.74 Å². The van der Waals surface area contributed by atoms with Crippen LogP contribution in [0, 0.1) is 6.92 Å². The minimum Gasteiger partial charge on any atom is -0.456 e. The fourth-order valence-electron chi connectivity index (χ4n) is 1.80. The van der Waals surface area contributed by atoms with Crippen LogP contribution < -0.4 is 0 Å². The molecule has 0 unspecified atom stereocenters. The molecular formula is C16H13ClF2O2. The molecule has 0 aliphatic rings. The molecule has 2 aromatic carbocycles. The molecule has 0 saturated carbocycles. The highest BCUT2D eigenvalue weighted by Gasteiger charge is 2.44.